The average molecular weight is 311 g/mol. The van der Waals surface area contributed by atoms with Crippen LogP contribution in [0.25, 0.3) is 0 Å². The summed E-state index contributed by atoms with van der Waals surface area (Å²) in [4.78, 5) is 11.6. The number of anilines is 1. The predicted molar refractivity (Wildman–Crippen MR) is 81.2 cm³/mol. The van der Waals surface area contributed by atoms with E-state index in [1.165, 1.54) is 12.1 Å². The lowest BCUT2D eigenvalue weighted by atomic mass is 10.2. The van der Waals surface area contributed by atoms with Crippen LogP contribution in [-0.4, -0.2) is 26.9 Å². The molecule has 1 aliphatic rings. The number of hydrogen-bond donors (Lipinski definition) is 3. The van der Waals surface area contributed by atoms with E-state index in [0.717, 1.165) is 18.4 Å². The molecule has 1 aliphatic carbocycles. The summed E-state index contributed by atoms with van der Waals surface area (Å²) in [7, 11) is -3.57. The number of sulfonamides is 1. The SMILES string of the molecule is Cc1ccc(S(=O)(=O)NCCCC(=O)NC2CC2)cc1N. The fourth-order valence-corrected chi connectivity index (χ4v) is 2.96. The van der Waals surface area contributed by atoms with Crippen molar-refractivity contribution in [3.8, 4) is 0 Å². The average Bonchev–Trinajstić information content (AvgIpc) is 3.22. The monoisotopic (exact) mass is 311 g/mol. The van der Waals surface area contributed by atoms with E-state index in [1.54, 1.807) is 6.07 Å². The van der Waals surface area contributed by atoms with Gasteiger partial charge in [0.1, 0.15) is 0 Å². The first-order valence-electron chi connectivity index (χ1n) is 7.03. The van der Waals surface area contributed by atoms with Gasteiger partial charge < -0.3 is 11.1 Å². The van der Waals surface area contributed by atoms with Crippen molar-refractivity contribution in [1.82, 2.24) is 10.0 Å². The van der Waals surface area contributed by atoms with Crippen molar-refractivity contribution in [3.63, 3.8) is 0 Å². The summed E-state index contributed by atoms with van der Waals surface area (Å²) in [6, 6.07) is 4.97. The van der Waals surface area contributed by atoms with Gasteiger partial charge in [0.25, 0.3) is 0 Å². The molecule has 0 saturated heterocycles. The van der Waals surface area contributed by atoms with Gasteiger partial charge in [-0.25, -0.2) is 13.1 Å². The molecule has 2 rings (SSSR count). The lowest BCUT2D eigenvalue weighted by molar-refractivity contribution is -0.121. The molecule has 1 amide bonds. The van der Waals surface area contributed by atoms with Crippen molar-refractivity contribution in [2.24, 2.45) is 0 Å². The number of nitrogens with two attached hydrogens (primary N) is 1. The van der Waals surface area contributed by atoms with E-state index in [9.17, 15) is 13.2 Å². The van der Waals surface area contributed by atoms with Crippen molar-refractivity contribution in [2.75, 3.05) is 12.3 Å². The van der Waals surface area contributed by atoms with Gasteiger partial charge in [-0.3, -0.25) is 4.79 Å². The highest BCUT2D eigenvalue weighted by atomic mass is 32.2. The molecule has 0 atom stereocenters. The summed E-state index contributed by atoms with van der Waals surface area (Å²) < 4.78 is 26.6. The molecule has 4 N–H and O–H groups in total. The van der Waals surface area contributed by atoms with E-state index in [1.807, 2.05) is 6.92 Å². The van der Waals surface area contributed by atoms with Crippen LogP contribution in [0.1, 0.15) is 31.2 Å². The maximum Gasteiger partial charge on any atom is 0.240 e. The van der Waals surface area contributed by atoms with Gasteiger partial charge in [0.2, 0.25) is 15.9 Å². The number of hydrogen-bond acceptors (Lipinski definition) is 4. The van der Waals surface area contributed by atoms with Gasteiger partial charge in [-0.1, -0.05) is 6.07 Å². The maximum absolute atomic E-state index is 12.1. The van der Waals surface area contributed by atoms with E-state index in [4.69, 9.17) is 5.73 Å². The van der Waals surface area contributed by atoms with Crippen LogP contribution in [0, 0.1) is 6.92 Å². The number of aryl methyl sites for hydroxylation is 1. The molecule has 1 fully saturated rings. The first-order chi connectivity index (χ1) is 9.88. The largest absolute Gasteiger partial charge is 0.398 e. The molecule has 116 valence electrons. The number of rotatable bonds is 7. The summed E-state index contributed by atoms with van der Waals surface area (Å²) in [5, 5.41) is 2.86. The Balaban J connectivity index is 1.80. The number of carbonyl (C=O) groups is 1. The number of benzene rings is 1. The quantitative estimate of drug-likeness (QED) is 0.514. The molecule has 0 heterocycles. The zero-order valence-electron chi connectivity index (χ0n) is 12.1. The second-order valence-electron chi connectivity index (χ2n) is 5.36. The predicted octanol–water partition coefficient (Wildman–Crippen LogP) is 0.914. The molecule has 1 aromatic carbocycles. The number of nitrogen functional groups attached to an aromatic ring is 1. The topological polar surface area (TPSA) is 101 Å². The Morgan fingerprint density at radius 3 is 2.71 bits per heavy atom. The highest BCUT2D eigenvalue weighted by molar-refractivity contribution is 7.89. The first-order valence-corrected chi connectivity index (χ1v) is 8.52. The Labute approximate surface area is 125 Å². The molecule has 0 spiro atoms. The highest BCUT2D eigenvalue weighted by Crippen LogP contribution is 2.19. The Hall–Kier alpha value is -1.60. The standard InChI is InChI=1S/C14H21N3O3S/c1-10-4-7-12(9-13(10)15)21(19,20)16-8-2-3-14(18)17-11-5-6-11/h4,7,9,11,16H,2-3,5-6,8,15H2,1H3,(H,17,18). The molecule has 0 aliphatic heterocycles. The van der Waals surface area contributed by atoms with Gasteiger partial charge in [-0.05, 0) is 43.9 Å². The molecular formula is C14H21N3O3S. The minimum atomic E-state index is -3.57. The lowest BCUT2D eigenvalue weighted by Gasteiger charge is -2.08. The second kappa shape index (κ2) is 6.44. The summed E-state index contributed by atoms with van der Waals surface area (Å²) in [6.45, 7) is 2.05. The fourth-order valence-electron chi connectivity index (χ4n) is 1.85. The zero-order chi connectivity index (χ0) is 15.5. The summed E-state index contributed by atoms with van der Waals surface area (Å²) >= 11 is 0. The van der Waals surface area contributed by atoms with Gasteiger partial charge >= 0.3 is 0 Å². The Kier molecular flexibility index (Phi) is 4.84. The minimum absolute atomic E-state index is 0.0173. The van der Waals surface area contributed by atoms with Crippen molar-refractivity contribution in [1.29, 1.82) is 0 Å². The van der Waals surface area contributed by atoms with Gasteiger partial charge in [0.15, 0.2) is 0 Å². The van der Waals surface area contributed by atoms with E-state index >= 15 is 0 Å². The van der Waals surface area contributed by atoms with Crippen molar-refractivity contribution < 1.29 is 13.2 Å². The highest BCUT2D eigenvalue weighted by Gasteiger charge is 2.22. The van der Waals surface area contributed by atoms with Crippen LogP contribution in [0.2, 0.25) is 0 Å². The van der Waals surface area contributed by atoms with Crippen LogP contribution in [0.3, 0.4) is 0 Å². The number of nitrogens with one attached hydrogen (secondary N) is 2. The molecule has 7 heteroatoms. The normalized spacial score (nSPS) is 14.9. The maximum atomic E-state index is 12.1. The third kappa shape index (κ3) is 4.71. The van der Waals surface area contributed by atoms with Crippen molar-refractivity contribution in [2.45, 2.75) is 43.5 Å². The van der Waals surface area contributed by atoms with Gasteiger partial charge in [0, 0.05) is 24.7 Å². The first kappa shape index (κ1) is 15.8. The van der Waals surface area contributed by atoms with Crippen LogP contribution in [0.5, 0.6) is 0 Å². The van der Waals surface area contributed by atoms with Crippen LogP contribution < -0.4 is 15.8 Å². The van der Waals surface area contributed by atoms with Crippen molar-refractivity contribution in [3.05, 3.63) is 23.8 Å². The Morgan fingerprint density at radius 1 is 1.38 bits per heavy atom. The van der Waals surface area contributed by atoms with Gasteiger partial charge in [0.05, 0.1) is 4.90 Å². The van der Waals surface area contributed by atoms with E-state index in [0.29, 0.717) is 24.6 Å². The molecule has 21 heavy (non-hydrogen) atoms. The molecule has 0 aromatic heterocycles. The smallest absolute Gasteiger partial charge is 0.240 e. The summed E-state index contributed by atoms with van der Waals surface area (Å²) in [5.74, 6) is -0.0173. The van der Waals surface area contributed by atoms with Crippen LogP contribution in [0.4, 0.5) is 5.69 Å². The number of carbonyl (C=O) groups excluding carboxylic acids is 1. The number of amides is 1. The van der Waals surface area contributed by atoms with Crippen LogP contribution in [0.15, 0.2) is 23.1 Å². The Morgan fingerprint density at radius 2 is 2.10 bits per heavy atom. The van der Waals surface area contributed by atoms with E-state index in [-0.39, 0.29) is 17.3 Å². The second-order valence-corrected chi connectivity index (χ2v) is 7.13. The van der Waals surface area contributed by atoms with Gasteiger partial charge in [-0.15, -0.1) is 0 Å². The molecule has 0 radical (unpaired) electrons. The van der Waals surface area contributed by atoms with Gasteiger partial charge in [-0.2, -0.15) is 0 Å². The zero-order valence-corrected chi connectivity index (χ0v) is 12.9. The van der Waals surface area contributed by atoms with Crippen LogP contribution in [-0.2, 0) is 14.8 Å². The molecule has 6 nitrogen and oxygen atoms in total. The minimum Gasteiger partial charge on any atom is -0.398 e. The third-order valence-electron chi connectivity index (χ3n) is 3.38. The Bertz CT molecular complexity index is 624. The molecule has 1 aromatic rings. The molecule has 0 unspecified atom stereocenters. The fraction of sp³-hybridized carbons (Fsp3) is 0.500. The third-order valence-corrected chi connectivity index (χ3v) is 4.83. The summed E-state index contributed by atoms with van der Waals surface area (Å²) in [5.41, 5.74) is 7.00. The molecule has 1 saturated carbocycles. The molecular weight excluding hydrogens is 290 g/mol. The van der Waals surface area contributed by atoms with Crippen molar-refractivity contribution >= 4 is 21.6 Å². The van der Waals surface area contributed by atoms with Crippen LogP contribution >= 0.6 is 0 Å². The molecule has 0 bridgehead atoms. The van der Waals surface area contributed by atoms with E-state index in [2.05, 4.69) is 10.0 Å². The van der Waals surface area contributed by atoms with E-state index < -0.39 is 10.0 Å². The lowest BCUT2D eigenvalue weighted by Crippen LogP contribution is -2.28. The summed E-state index contributed by atoms with van der Waals surface area (Å²) in [6.07, 6.45) is 2.90.